The van der Waals surface area contributed by atoms with Gasteiger partial charge < -0.3 is 15.6 Å². The maximum Gasteiger partial charge on any atom is 0.270 e. The maximum atomic E-state index is 12.5. The number of rotatable bonds is 3. The fraction of sp³-hybridized carbons (Fsp3) is 0.312. The normalized spacial score (nSPS) is 18.4. The summed E-state index contributed by atoms with van der Waals surface area (Å²) in [5.74, 6) is 0.0557. The van der Waals surface area contributed by atoms with Crippen LogP contribution in [0.25, 0.3) is 0 Å². The molecule has 1 atom stereocenters. The van der Waals surface area contributed by atoms with Crippen molar-refractivity contribution in [2.45, 2.75) is 25.3 Å². The number of H-pyrrole nitrogens is 1. The number of nitrogen functional groups attached to an aromatic ring is 1. The van der Waals surface area contributed by atoms with Crippen molar-refractivity contribution in [2.24, 2.45) is 0 Å². The number of amides is 1. The molecule has 1 aromatic carbocycles. The molecule has 1 fully saturated rings. The van der Waals surface area contributed by atoms with Crippen molar-refractivity contribution >= 4 is 11.6 Å². The Hall–Kier alpha value is -2.23. The zero-order valence-electron chi connectivity index (χ0n) is 11.4. The third kappa shape index (κ3) is 2.54. The number of nitrogens with zero attached hydrogens (tertiary/aromatic N) is 1. The van der Waals surface area contributed by atoms with Gasteiger partial charge in [0, 0.05) is 24.5 Å². The predicted octanol–water partition coefficient (Wildman–Crippen LogP) is 2.44. The summed E-state index contributed by atoms with van der Waals surface area (Å²) in [7, 11) is 0. The number of anilines is 1. The molecular formula is C16H19N3O. The second-order valence-corrected chi connectivity index (χ2v) is 5.33. The molecule has 1 aliphatic heterocycles. The highest BCUT2D eigenvalue weighted by molar-refractivity contribution is 5.93. The fourth-order valence-electron chi connectivity index (χ4n) is 2.89. The van der Waals surface area contributed by atoms with Gasteiger partial charge in [-0.05, 0) is 30.9 Å². The van der Waals surface area contributed by atoms with E-state index in [4.69, 9.17) is 5.73 Å². The summed E-state index contributed by atoms with van der Waals surface area (Å²) in [4.78, 5) is 17.4. The number of carbonyl (C=O) groups is 1. The number of aromatic nitrogens is 1. The minimum atomic E-state index is 0.0557. The van der Waals surface area contributed by atoms with Crippen LogP contribution in [0.5, 0.6) is 0 Å². The summed E-state index contributed by atoms with van der Waals surface area (Å²) in [6.45, 7) is 0.829. The minimum absolute atomic E-state index is 0.0557. The van der Waals surface area contributed by atoms with E-state index >= 15 is 0 Å². The van der Waals surface area contributed by atoms with Gasteiger partial charge in [0.05, 0.1) is 0 Å². The van der Waals surface area contributed by atoms with Gasteiger partial charge in [0.25, 0.3) is 5.91 Å². The number of hydrogen-bond donors (Lipinski definition) is 2. The number of nitrogens with two attached hydrogens (primary N) is 1. The Morgan fingerprint density at radius 3 is 2.85 bits per heavy atom. The molecule has 3 rings (SSSR count). The van der Waals surface area contributed by atoms with Gasteiger partial charge >= 0.3 is 0 Å². The van der Waals surface area contributed by atoms with E-state index in [2.05, 4.69) is 17.1 Å². The summed E-state index contributed by atoms with van der Waals surface area (Å²) < 4.78 is 0. The number of hydrogen-bond acceptors (Lipinski definition) is 2. The molecule has 1 aromatic heterocycles. The second-order valence-electron chi connectivity index (χ2n) is 5.33. The molecule has 20 heavy (non-hydrogen) atoms. The van der Waals surface area contributed by atoms with Gasteiger partial charge in [-0.1, -0.05) is 30.3 Å². The second kappa shape index (κ2) is 5.41. The average molecular weight is 269 g/mol. The number of aromatic amines is 1. The standard InChI is InChI=1S/C16H19N3O/c17-13-10-15(18-11-13)16(20)19-8-4-7-14(19)9-12-5-2-1-3-6-12/h1-3,5-6,10-11,14,18H,4,7-9,17H2. The van der Waals surface area contributed by atoms with Crippen LogP contribution in [0.3, 0.4) is 0 Å². The number of carbonyl (C=O) groups excluding carboxylic acids is 1. The molecule has 1 unspecified atom stereocenters. The topological polar surface area (TPSA) is 62.1 Å². The van der Waals surface area contributed by atoms with Crippen molar-refractivity contribution in [1.29, 1.82) is 0 Å². The predicted molar refractivity (Wildman–Crippen MR) is 79.4 cm³/mol. The zero-order valence-corrected chi connectivity index (χ0v) is 11.4. The summed E-state index contributed by atoms with van der Waals surface area (Å²) >= 11 is 0. The van der Waals surface area contributed by atoms with E-state index in [-0.39, 0.29) is 11.9 Å². The van der Waals surface area contributed by atoms with E-state index in [9.17, 15) is 4.79 Å². The first-order chi connectivity index (χ1) is 9.74. The smallest absolute Gasteiger partial charge is 0.270 e. The van der Waals surface area contributed by atoms with Crippen molar-refractivity contribution in [3.05, 3.63) is 53.9 Å². The van der Waals surface area contributed by atoms with E-state index in [1.807, 2.05) is 23.1 Å². The Kier molecular flexibility index (Phi) is 3.46. The Morgan fingerprint density at radius 2 is 2.15 bits per heavy atom. The highest BCUT2D eigenvalue weighted by atomic mass is 16.2. The molecule has 4 nitrogen and oxygen atoms in total. The average Bonchev–Trinajstić information content (AvgIpc) is 3.08. The molecule has 0 radical (unpaired) electrons. The van der Waals surface area contributed by atoms with Gasteiger partial charge in [-0.3, -0.25) is 4.79 Å². The Labute approximate surface area is 118 Å². The van der Waals surface area contributed by atoms with Gasteiger partial charge in [-0.25, -0.2) is 0 Å². The SMILES string of the molecule is Nc1c[nH]c(C(=O)N2CCCC2Cc2ccccc2)c1. The van der Waals surface area contributed by atoms with E-state index < -0.39 is 0 Å². The van der Waals surface area contributed by atoms with Crippen molar-refractivity contribution in [1.82, 2.24) is 9.88 Å². The molecule has 2 heterocycles. The van der Waals surface area contributed by atoms with Crippen LogP contribution in [0, 0.1) is 0 Å². The van der Waals surface area contributed by atoms with Gasteiger partial charge in [0.15, 0.2) is 0 Å². The lowest BCUT2D eigenvalue weighted by molar-refractivity contribution is 0.0731. The first-order valence-electron chi connectivity index (χ1n) is 7.03. The van der Waals surface area contributed by atoms with E-state index in [0.29, 0.717) is 11.4 Å². The molecule has 0 aliphatic carbocycles. The van der Waals surface area contributed by atoms with Gasteiger partial charge in [-0.15, -0.1) is 0 Å². The Morgan fingerprint density at radius 1 is 1.35 bits per heavy atom. The first-order valence-corrected chi connectivity index (χ1v) is 7.03. The molecule has 1 saturated heterocycles. The van der Waals surface area contributed by atoms with Crippen LogP contribution in [0.4, 0.5) is 5.69 Å². The fourth-order valence-corrected chi connectivity index (χ4v) is 2.89. The third-order valence-electron chi connectivity index (χ3n) is 3.89. The quantitative estimate of drug-likeness (QED) is 0.899. The molecule has 0 spiro atoms. The van der Waals surface area contributed by atoms with Crippen LogP contribution < -0.4 is 5.73 Å². The molecule has 1 amide bonds. The van der Waals surface area contributed by atoms with Crippen LogP contribution in [0.15, 0.2) is 42.6 Å². The van der Waals surface area contributed by atoms with Crippen molar-refractivity contribution in [2.75, 3.05) is 12.3 Å². The monoisotopic (exact) mass is 269 g/mol. The first kappa shape index (κ1) is 12.8. The molecule has 3 N–H and O–H groups in total. The zero-order chi connectivity index (χ0) is 13.9. The van der Waals surface area contributed by atoms with Crippen molar-refractivity contribution in [3.8, 4) is 0 Å². The maximum absolute atomic E-state index is 12.5. The summed E-state index contributed by atoms with van der Waals surface area (Å²) in [5, 5.41) is 0. The van der Waals surface area contributed by atoms with Gasteiger partial charge in [-0.2, -0.15) is 0 Å². The lowest BCUT2D eigenvalue weighted by atomic mass is 10.0. The Bertz CT molecular complexity index is 591. The summed E-state index contributed by atoms with van der Waals surface area (Å²) in [6, 6.07) is 12.3. The number of nitrogens with one attached hydrogen (secondary N) is 1. The lowest BCUT2D eigenvalue weighted by Gasteiger charge is -2.24. The molecule has 4 heteroatoms. The van der Waals surface area contributed by atoms with E-state index in [0.717, 1.165) is 25.8 Å². The molecule has 104 valence electrons. The van der Waals surface area contributed by atoms with Gasteiger partial charge in [0.1, 0.15) is 5.69 Å². The molecular weight excluding hydrogens is 250 g/mol. The Balaban J connectivity index is 1.74. The largest absolute Gasteiger partial charge is 0.397 e. The highest BCUT2D eigenvalue weighted by Crippen LogP contribution is 2.23. The molecule has 0 bridgehead atoms. The number of benzene rings is 1. The van der Waals surface area contributed by atoms with Crippen LogP contribution in [-0.4, -0.2) is 28.4 Å². The third-order valence-corrected chi connectivity index (χ3v) is 3.89. The van der Waals surface area contributed by atoms with E-state index in [1.54, 1.807) is 12.3 Å². The van der Waals surface area contributed by atoms with Crippen LogP contribution in [-0.2, 0) is 6.42 Å². The van der Waals surface area contributed by atoms with Crippen LogP contribution >= 0.6 is 0 Å². The van der Waals surface area contributed by atoms with Crippen LogP contribution in [0.2, 0.25) is 0 Å². The van der Waals surface area contributed by atoms with Gasteiger partial charge in [0.2, 0.25) is 0 Å². The summed E-state index contributed by atoms with van der Waals surface area (Å²) in [5.41, 5.74) is 8.14. The van der Waals surface area contributed by atoms with E-state index in [1.165, 1.54) is 5.56 Å². The van der Waals surface area contributed by atoms with Crippen LogP contribution in [0.1, 0.15) is 28.9 Å². The molecule has 1 aliphatic rings. The molecule has 0 saturated carbocycles. The summed E-state index contributed by atoms with van der Waals surface area (Å²) in [6.07, 6.45) is 4.72. The highest BCUT2D eigenvalue weighted by Gasteiger charge is 2.29. The lowest BCUT2D eigenvalue weighted by Crippen LogP contribution is -2.37. The minimum Gasteiger partial charge on any atom is -0.397 e. The molecule has 2 aromatic rings. The van der Waals surface area contributed by atoms with Crippen molar-refractivity contribution < 1.29 is 4.79 Å². The van der Waals surface area contributed by atoms with Crippen molar-refractivity contribution in [3.63, 3.8) is 0 Å². The number of likely N-dealkylation sites (tertiary alicyclic amines) is 1.